The normalized spacial score (nSPS) is 10.1. The number of ketones is 1. The summed E-state index contributed by atoms with van der Waals surface area (Å²) in [7, 11) is 0. The van der Waals surface area contributed by atoms with Crippen molar-refractivity contribution in [3.05, 3.63) is 47.5 Å². The Morgan fingerprint density at radius 3 is 2.93 bits per heavy atom. The summed E-state index contributed by atoms with van der Waals surface area (Å²) in [6, 6.07) is 5.44. The Labute approximate surface area is 78.8 Å². The van der Waals surface area contributed by atoms with E-state index in [1.165, 1.54) is 24.4 Å². The van der Waals surface area contributed by atoms with E-state index < -0.39 is 5.82 Å². The van der Waals surface area contributed by atoms with E-state index in [0.29, 0.717) is 0 Å². The van der Waals surface area contributed by atoms with Crippen molar-refractivity contribution in [2.75, 3.05) is 0 Å². The molecule has 0 bridgehead atoms. The monoisotopic (exact) mass is 191 g/mol. The molecule has 4 nitrogen and oxygen atoms in total. The Morgan fingerprint density at radius 2 is 2.29 bits per heavy atom. The van der Waals surface area contributed by atoms with Gasteiger partial charge in [-0.05, 0) is 12.1 Å². The molecule has 0 aliphatic heterocycles. The molecular weight excluding hydrogens is 185 g/mol. The number of hydrogen-bond acceptors (Lipinski definition) is 3. The van der Waals surface area contributed by atoms with E-state index in [0.717, 1.165) is 6.07 Å². The van der Waals surface area contributed by atoms with Gasteiger partial charge in [-0.2, -0.15) is 15.4 Å². The van der Waals surface area contributed by atoms with Gasteiger partial charge in [0.25, 0.3) is 0 Å². The van der Waals surface area contributed by atoms with Gasteiger partial charge in [-0.1, -0.05) is 12.1 Å². The van der Waals surface area contributed by atoms with E-state index in [1.807, 2.05) is 0 Å². The Kier molecular flexibility index (Phi) is 2.06. The van der Waals surface area contributed by atoms with Crippen molar-refractivity contribution in [3.8, 4) is 0 Å². The van der Waals surface area contributed by atoms with Crippen LogP contribution in [0.4, 0.5) is 4.39 Å². The molecule has 0 fully saturated rings. The van der Waals surface area contributed by atoms with Gasteiger partial charge in [0.05, 0.1) is 6.20 Å². The number of nitrogens with zero attached hydrogens (tertiary/aromatic N) is 2. The van der Waals surface area contributed by atoms with Crippen molar-refractivity contribution in [1.82, 2.24) is 15.4 Å². The first-order chi connectivity index (χ1) is 6.77. The second kappa shape index (κ2) is 3.37. The van der Waals surface area contributed by atoms with Crippen LogP contribution in [-0.4, -0.2) is 21.2 Å². The first-order valence-electron chi connectivity index (χ1n) is 3.93. The highest BCUT2D eigenvalue weighted by molar-refractivity contribution is 6.07. The lowest BCUT2D eigenvalue weighted by molar-refractivity contribution is 0.103. The number of aromatic nitrogens is 3. The van der Waals surface area contributed by atoms with Gasteiger partial charge in [-0.3, -0.25) is 4.79 Å². The molecule has 1 heterocycles. The predicted octanol–water partition coefficient (Wildman–Crippen LogP) is 1.17. The summed E-state index contributed by atoms with van der Waals surface area (Å²) in [4.78, 5) is 11.6. The van der Waals surface area contributed by atoms with E-state index in [1.54, 1.807) is 0 Å². The number of carbonyl (C=O) groups excluding carboxylic acids is 1. The summed E-state index contributed by atoms with van der Waals surface area (Å²) in [6.07, 6.45) is 1.30. The van der Waals surface area contributed by atoms with Gasteiger partial charge in [0, 0.05) is 5.56 Å². The molecule has 1 aromatic heterocycles. The third kappa shape index (κ3) is 1.52. The number of rotatable bonds is 2. The topological polar surface area (TPSA) is 58.6 Å². The zero-order valence-corrected chi connectivity index (χ0v) is 7.07. The third-order valence-electron chi connectivity index (χ3n) is 1.73. The van der Waals surface area contributed by atoms with Crippen LogP contribution in [-0.2, 0) is 0 Å². The molecule has 1 N–H and O–H groups in total. The molecule has 14 heavy (non-hydrogen) atoms. The van der Waals surface area contributed by atoms with Gasteiger partial charge in [-0.15, -0.1) is 0 Å². The van der Waals surface area contributed by atoms with Crippen molar-refractivity contribution >= 4 is 5.78 Å². The Hall–Kier alpha value is -2.04. The number of aromatic amines is 1. The highest BCUT2D eigenvalue weighted by atomic mass is 19.1. The summed E-state index contributed by atoms with van der Waals surface area (Å²) in [5, 5.41) is 9.44. The van der Waals surface area contributed by atoms with Crippen LogP contribution in [0.25, 0.3) is 0 Å². The van der Waals surface area contributed by atoms with Crippen LogP contribution in [0.2, 0.25) is 0 Å². The van der Waals surface area contributed by atoms with Crippen LogP contribution in [0.1, 0.15) is 16.1 Å². The van der Waals surface area contributed by atoms with E-state index in [4.69, 9.17) is 0 Å². The van der Waals surface area contributed by atoms with Crippen LogP contribution in [0.15, 0.2) is 30.5 Å². The summed E-state index contributed by atoms with van der Waals surface area (Å²) in [6.45, 7) is 0. The minimum absolute atomic E-state index is 0.176. The smallest absolute Gasteiger partial charge is 0.214 e. The molecule has 2 aromatic rings. The zero-order chi connectivity index (χ0) is 9.97. The van der Waals surface area contributed by atoms with Gasteiger partial charge in [0.15, 0.2) is 5.69 Å². The molecule has 0 aliphatic carbocycles. The standard InChI is InChI=1S/C9H6FN3O/c10-7-3-1-2-6(4-7)9(14)8-5-11-13-12-8/h1-5H,(H,11,12,13). The first-order valence-corrected chi connectivity index (χ1v) is 3.93. The van der Waals surface area contributed by atoms with Gasteiger partial charge in [0.2, 0.25) is 5.78 Å². The largest absolute Gasteiger partial charge is 0.287 e. The molecule has 0 radical (unpaired) electrons. The number of halogens is 1. The number of hydrogen-bond donors (Lipinski definition) is 1. The number of carbonyl (C=O) groups is 1. The maximum Gasteiger partial charge on any atom is 0.214 e. The molecule has 0 aliphatic rings. The summed E-state index contributed by atoms with van der Waals surface area (Å²) in [5.41, 5.74) is 0.439. The van der Waals surface area contributed by atoms with Crippen LogP contribution < -0.4 is 0 Å². The van der Waals surface area contributed by atoms with E-state index in [-0.39, 0.29) is 17.0 Å². The fourth-order valence-corrected chi connectivity index (χ4v) is 1.09. The molecule has 0 amide bonds. The molecule has 0 spiro atoms. The van der Waals surface area contributed by atoms with Gasteiger partial charge in [-0.25, -0.2) is 4.39 Å². The van der Waals surface area contributed by atoms with Crippen molar-refractivity contribution in [2.45, 2.75) is 0 Å². The highest BCUT2D eigenvalue weighted by Crippen LogP contribution is 2.07. The molecule has 0 atom stereocenters. The average Bonchev–Trinajstić information content (AvgIpc) is 2.69. The first kappa shape index (κ1) is 8.55. The van der Waals surface area contributed by atoms with Crippen LogP contribution in [0, 0.1) is 5.82 Å². The average molecular weight is 191 g/mol. The summed E-state index contributed by atoms with van der Waals surface area (Å²) in [5.74, 6) is -0.794. The van der Waals surface area contributed by atoms with Gasteiger partial charge in [0.1, 0.15) is 5.82 Å². The van der Waals surface area contributed by atoms with Crippen LogP contribution in [0.3, 0.4) is 0 Å². The Morgan fingerprint density at radius 1 is 1.43 bits per heavy atom. The maximum atomic E-state index is 12.8. The van der Waals surface area contributed by atoms with Crippen LogP contribution in [0.5, 0.6) is 0 Å². The number of nitrogens with one attached hydrogen (secondary N) is 1. The zero-order valence-electron chi connectivity index (χ0n) is 7.07. The fourth-order valence-electron chi connectivity index (χ4n) is 1.09. The van der Waals surface area contributed by atoms with E-state index in [9.17, 15) is 9.18 Å². The lowest BCUT2D eigenvalue weighted by atomic mass is 10.1. The lowest BCUT2D eigenvalue weighted by Gasteiger charge is -1.95. The molecule has 1 aromatic carbocycles. The quantitative estimate of drug-likeness (QED) is 0.725. The lowest BCUT2D eigenvalue weighted by Crippen LogP contribution is -2.01. The molecule has 70 valence electrons. The van der Waals surface area contributed by atoms with Gasteiger partial charge < -0.3 is 0 Å². The SMILES string of the molecule is O=C(c1cccc(F)c1)c1cn[nH]n1. The number of benzene rings is 1. The minimum Gasteiger partial charge on any atom is -0.287 e. The fraction of sp³-hybridized carbons (Fsp3) is 0. The Balaban J connectivity index is 2.37. The minimum atomic E-state index is -0.445. The van der Waals surface area contributed by atoms with E-state index >= 15 is 0 Å². The molecular formula is C9H6FN3O. The maximum absolute atomic E-state index is 12.8. The second-order valence-electron chi connectivity index (χ2n) is 2.69. The van der Waals surface area contributed by atoms with Crippen molar-refractivity contribution in [1.29, 1.82) is 0 Å². The van der Waals surface area contributed by atoms with Crippen molar-refractivity contribution in [2.24, 2.45) is 0 Å². The highest BCUT2D eigenvalue weighted by Gasteiger charge is 2.11. The van der Waals surface area contributed by atoms with Crippen molar-refractivity contribution < 1.29 is 9.18 Å². The second-order valence-corrected chi connectivity index (χ2v) is 2.69. The van der Waals surface area contributed by atoms with Crippen molar-refractivity contribution in [3.63, 3.8) is 0 Å². The third-order valence-corrected chi connectivity index (χ3v) is 1.73. The molecule has 0 saturated heterocycles. The Bertz CT molecular complexity index is 453. The number of H-pyrrole nitrogens is 1. The molecule has 2 rings (SSSR count). The van der Waals surface area contributed by atoms with Gasteiger partial charge >= 0.3 is 0 Å². The predicted molar refractivity (Wildman–Crippen MR) is 46.2 cm³/mol. The van der Waals surface area contributed by atoms with E-state index in [2.05, 4.69) is 15.4 Å². The molecule has 0 unspecified atom stereocenters. The van der Waals surface area contributed by atoms with Crippen LogP contribution >= 0.6 is 0 Å². The summed E-state index contributed by atoms with van der Waals surface area (Å²) < 4.78 is 12.8. The molecule has 0 saturated carbocycles. The molecule has 5 heteroatoms. The summed E-state index contributed by atoms with van der Waals surface area (Å²) >= 11 is 0.